The Labute approximate surface area is 178 Å². The normalized spacial score (nSPS) is 14.5. The number of nitrogens with two attached hydrogens (primary N) is 1. The van der Waals surface area contributed by atoms with Gasteiger partial charge in [0.05, 0.1) is 25.3 Å². The fraction of sp³-hybridized carbons (Fsp3) is 0.556. The number of rotatable bonds is 13. The molecule has 0 aliphatic carbocycles. The fourth-order valence-corrected chi connectivity index (χ4v) is 2.58. The van der Waals surface area contributed by atoms with Gasteiger partial charge in [0.15, 0.2) is 0 Å². The van der Waals surface area contributed by atoms with E-state index in [1.54, 1.807) is 13.8 Å². The van der Waals surface area contributed by atoms with Crippen LogP contribution >= 0.6 is 0 Å². The van der Waals surface area contributed by atoms with Gasteiger partial charge in [-0.3, -0.25) is 19.2 Å². The van der Waals surface area contributed by atoms with E-state index >= 15 is 0 Å². The molecule has 0 spiro atoms. The molecule has 13 nitrogen and oxygen atoms in total. The van der Waals surface area contributed by atoms with Crippen molar-refractivity contribution in [3.8, 4) is 0 Å². The first-order valence-corrected chi connectivity index (χ1v) is 9.60. The lowest BCUT2D eigenvalue weighted by molar-refractivity contribution is -0.143. The molecule has 8 N–H and O–H groups in total. The Morgan fingerprint density at radius 2 is 1.84 bits per heavy atom. The van der Waals surface area contributed by atoms with E-state index in [2.05, 4.69) is 25.9 Å². The quantitative estimate of drug-likeness (QED) is 0.180. The van der Waals surface area contributed by atoms with Gasteiger partial charge in [0, 0.05) is 18.3 Å². The van der Waals surface area contributed by atoms with Gasteiger partial charge in [0.1, 0.15) is 12.1 Å². The third-order valence-electron chi connectivity index (χ3n) is 4.56. The smallest absolute Gasteiger partial charge is 0.326 e. The fourth-order valence-electron chi connectivity index (χ4n) is 2.58. The third kappa shape index (κ3) is 8.82. The highest BCUT2D eigenvalue weighted by atomic mass is 16.4. The molecule has 0 bridgehead atoms. The summed E-state index contributed by atoms with van der Waals surface area (Å²) < 4.78 is 0. The van der Waals surface area contributed by atoms with Crippen LogP contribution in [0.1, 0.15) is 32.4 Å². The summed E-state index contributed by atoms with van der Waals surface area (Å²) in [6, 6.07) is -3.65. The number of aromatic nitrogens is 2. The van der Waals surface area contributed by atoms with Crippen LogP contribution in [-0.4, -0.2) is 74.5 Å². The highest BCUT2D eigenvalue weighted by Crippen LogP contribution is 2.07. The maximum absolute atomic E-state index is 12.6. The van der Waals surface area contributed by atoms with Crippen LogP contribution in [-0.2, 0) is 30.4 Å². The summed E-state index contributed by atoms with van der Waals surface area (Å²) in [6.07, 6.45) is 2.68. The summed E-state index contributed by atoms with van der Waals surface area (Å²) in [5.74, 6) is -5.09. The Hall–Kier alpha value is -3.48. The van der Waals surface area contributed by atoms with Gasteiger partial charge in [-0.05, 0) is 5.92 Å². The number of carboxylic acid groups (broad SMARTS) is 2. The number of hydrogen-bond acceptors (Lipinski definition) is 7. The number of aromatic amines is 1. The zero-order valence-corrected chi connectivity index (χ0v) is 17.3. The molecule has 1 rings (SSSR count). The minimum Gasteiger partial charge on any atom is -0.481 e. The second-order valence-corrected chi connectivity index (χ2v) is 7.03. The molecular formula is C18H28N6O7. The van der Waals surface area contributed by atoms with E-state index in [4.69, 9.17) is 10.8 Å². The van der Waals surface area contributed by atoms with Crippen LogP contribution in [0.2, 0.25) is 0 Å². The van der Waals surface area contributed by atoms with Gasteiger partial charge < -0.3 is 36.9 Å². The van der Waals surface area contributed by atoms with E-state index in [1.807, 2.05) is 0 Å². The molecule has 0 saturated carbocycles. The molecule has 0 saturated heterocycles. The summed E-state index contributed by atoms with van der Waals surface area (Å²) in [4.78, 5) is 65.4. The monoisotopic (exact) mass is 440 g/mol. The predicted octanol–water partition coefficient (Wildman–Crippen LogP) is -2.03. The van der Waals surface area contributed by atoms with E-state index in [-0.39, 0.29) is 12.3 Å². The minimum atomic E-state index is -1.37. The molecule has 1 aromatic rings. The number of carbonyl (C=O) groups excluding carboxylic acids is 3. The minimum absolute atomic E-state index is 0.0242. The second-order valence-electron chi connectivity index (χ2n) is 7.03. The van der Waals surface area contributed by atoms with Gasteiger partial charge in [-0.1, -0.05) is 20.3 Å². The number of nitrogens with one attached hydrogen (secondary N) is 4. The van der Waals surface area contributed by atoms with Crippen molar-refractivity contribution in [1.82, 2.24) is 25.9 Å². The van der Waals surface area contributed by atoms with Crippen LogP contribution < -0.4 is 21.7 Å². The van der Waals surface area contributed by atoms with Crippen LogP contribution in [0.5, 0.6) is 0 Å². The Bertz CT molecular complexity index is 782. The largest absolute Gasteiger partial charge is 0.481 e. The number of nitrogens with zero attached hydrogens (tertiary/aromatic N) is 1. The van der Waals surface area contributed by atoms with E-state index in [0.717, 1.165) is 0 Å². The molecule has 0 aliphatic rings. The van der Waals surface area contributed by atoms with Crippen molar-refractivity contribution < 1.29 is 34.2 Å². The summed E-state index contributed by atoms with van der Waals surface area (Å²) >= 11 is 0. The number of carboxylic acids is 2. The number of imidazole rings is 1. The molecular weight excluding hydrogens is 412 g/mol. The van der Waals surface area contributed by atoms with Gasteiger partial charge in [0.25, 0.3) is 0 Å². The zero-order valence-electron chi connectivity index (χ0n) is 17.3. The first-order chi connectivity index (χ1) is 14.5. The highest BCUT2D eigenvalue weighted by Gasteiger charge is 2.28. The van der Waals surface area contributed by atoms with Crippen LogP contribution in [0, 0.1) is 5.92 Å². The lowest BCUT2D eigenvalue weighted by Crippen LogP contribution is -2.54. The third-order valence-corrected chi connectivity index (χ3v) is 4.56. The van der Waals surface area contributed by atoms with Crippen molar-refractivity contribution in [3.05, 3.63) is 18.2 Å². The number of H-pyrrole nitrogens is 1. The number of amides is 3. The average molecular weight is 440 g/mol. The second kappa shape index (κ2) is 12.3. The van der Waals surface area contributed by atoms with E-state index in [0.29, 0.717) is 12.1 Å². The lowest BCUT2D eigenvalue weighted by Gasteiger charge is -2.22. The molecule has 31 heavy (non-hydrogen) atoms. The Kier molecular flexibility index (Phi) is 10.1. The SMILES string of the molecule is CCC(C)C(NC(=O)CNC(=O)C(Cc1cnc[nH]1)NC(=O)C(N)CC(=O)O)C(=O)O. The van der Waals surface area contributed by atoms with Crippen molar-refractivity contribution in [2.75, 3.05) is 6.54 Å². The van der Waals surface area contributed by atoms with Gasteiger partial charge >= 0.3 is 11.9 Å². The van der Waals surface area contributed by atoms with Gasteiger partial charge in [0.2, 0.25) is 17.7 Å². The number of aliphatic carboxylic acids is 2. The van der Waals surface area contributed by atoms with Crippen molar-refractivity contribution >= 4 is 29.7 Å². The summed E-state index contributed by atoms with van der Waals surface area (Å²) in [6.45, 7) is 2.94. The number of carbonyl (C=O) groups is 5. The highest BCUT2D eigenvalue weighted by molar-refractivity contribution is 5.93. The molecule has 0 fully saturated rings. The van der Waals surface area contributed by atoms with Gasteiger partial charge in [-0.25, -0.2) is 9.78 Å². The Morgan fingerprint density at radius 1 is 1.16 bits per heavy atom. The predicted molar refractivity (Wildman–Crippen MR) is 106 cm³/mol. The molecule has 0 aromatic carbocycles. The maximum Gasteiger partial charge on any atom is 0.326 e. The van der Waals surface area contributed by atoms with Crippen molar-refractivity contribution in [1.29, 1.82) is 0 Å². The topological polar surface area (TPSA) is 217 Å². The van der Waals surface area contributed by atoms with Crippen molar-refractivity contribution in [3.63, 3.8) is 0 Å². The van der Waals surface area contributed by atoms with Crippen LogP contribution in [0.3, 0.4) is 0 Å². The Morgan fingerprint density at radius 3 is 2.35 bits per heavy atom. The number of hydrogen-bond donors (Lipinski definition) is 7. The summed E-state index contributed by atoms with van der Waals surface area (Å²) in [7, 11) is 0. The van der Waals surface area contributed by atoms with Gasteiger partial charge in [-0.2, -0.15) is 0 Å². The standard InChI is InChI=1S/C18H28N6O7/c1-3-9(2)15(18(30)31)24-13(25)7-21-17(29)12(4-10-6-20-8-22-10)23-16(28)11(19)5-14(26)27/h6,8-9,11-12,15H,3-5,7,19H2,1-2H3,(H,20,22)(H,21,29)(H,23,28)(H,24,25)(H,26,27)(H,30,31). The lowest BCUT2D eigenvalue weighted by atomic mass is 9.99. The first-order valence-electron chi connectivity index (χ1n) is 9.60. The van der Waals surface area contributed by atoms with E-state index in [9.17, 15) is 29.1 Å². The molecule has 0 aliphatic heterocycles. The molecule has 4 atom stereocenters. The van der Waals surface area contributed by atoms with Crippen LogP contribution in [0.15, 0.2) is 12.5 Å². The Balaban J connectivity index is 2.76. The molecule has 13 heteroatoms. The molecule has 172 valence electrons. The van der Waals surface area contributed by atoms with Crippen LogP contribution in [0.25, 0.3) is 0 Å². The zero-order chi connectivity index (χ0) is 23.6. The van der Waals surface area contributed by atoms with E-state index < -0.39 is 60.8 Å². The molecule has 1 aromatic heterocycles. The average Bonchev–Trinajstić information content (AvgIpc) is 3.21. The summed E-state index contributed by atoms with van der Waals surface area (Å²) in [5.41, 5.74) is 6.02. The summed E-state index contributed by atoms with van der Waals surface area (Å²) in [5, 5.41) is 25.0. The molecule has 0 radical (unpaired) electrons. The molecule has 4 unspecified atom stereocenters. The maximum atomic E-state index is 12.6. The van der Waals surface area contributed by atoms with Crippen molar-refractivity contribution in [2.24, 2.45) is 11.7 Å². The van der Waals surface area contributed by atoms with Gasteiger partial charge in [-0.15, -0.1) is 0 Å². The molecule has 1 heterocycles. The first kappa shape index (κ1) is 25.6. The van der Waals surface area contributed by atoms with Crippen LogP contribution in [0.4, 0.5) is 0 Å². The van der Waals surface area contributed by atoms with Crippen molar-refractivity contribution in [2.45, 2.75) is 51.2 Å². The van der Waals surface area contributed by atoms with E-state index in [1.165, 1.54) is 12.5 Å². The molecule has 3 amide bonds.